The van der Waals surface area contributed by atoms with Gasteiger partial charge in [0.25, 0.3) is 5.91 Å². The molecule has 1 unspecified atom stereocenters. The number of ketones is 1. The van der Waals surface area contributed by atoms with E-state index in [4.69, 9.17) is 5.73 Å². The summed E-state index contributed by atoms with van der Waals surface area (Å²) in [5.41, 5.74) is 5.68. The van der Waals surface area contributed by atoms with Crippen molar-refractivity contribution in [3.8, 4) is 0 Å². The fourth-order valence-electron chi connectivity index (χ4n) is 2.48. The Morgan fingerprint density at radius 1 is 1.14 bits per heavy atom. The molecule has 5 nitrogen and oxygen atoms in total. The average molecular weight is 282 g/mol. The Bertz CT molecular complexity index is 725. The summed E-state index contributed by atoms with van der Waals surface area (Å²) in [6, 6.07) is 13.2. The maximum absolute atomic E-state index is 12.3. The van der Waals surface area contributed by atoms with Gasteiger partial charge in [0.1, 0.15) is 0 Å². The lowest BCUT2D eigenvalue weighted by Crippen LogP contribution is -2.36. The Morgan fingerprint density at radius 3 is 2.52 bits per heavy atom. The highest BCUT2D eigenvalue weighted by atomic mass is 16.3. The summed E-state index contributed by atoms with van der Waals surface area (Å²) in [6.07, 6.45) is -0.306. The fraction of sp³-hybridized carbons (Fsp3) is 0.125. The molecule has 106 valence electrons. The van der Waals surface area contributed by atoms with Crippen molar-refractivity contribution in [3.63, 3.8) is 0 Å². The van der Waals surface area contributed by atoms with Gasteiger partial charge in [-0.1, -0.05) is 18.2 Å². The first-order valence-electron chi connectivity index (χ1n) is 6.53. The second-order valence-electron chi connectivity index (χ2n) is 5.08. The van der Waals surface area contributed by atoms with Crippen LogP contribution in [0.3, 0.4) is 0 Å². The number of nitrogen functional groups attached to an aromatic ring is 1. The summed E-state index contributed by atoms with van der Waals surface area (Å²) in [5, 5.41) is 13.2. The van der Waals surface area contributed by atoms with Crippen molar-refractivity contribution in [2.24, 2.45) is 0 Å². The lowest BCUT2D eigenvalue weighted by Gasteiger charge is -2.19. The number of para-hydroxylation sites is 1. The number of hydrogen-bond acceptors (Lipinski definition) is 4. The Balaban J connectivity index is 1.92. The third-order valence-corrected chi connectivity index (χ3v) is 3.65. The van der Waals surface area contributed by atoms with Crippen LogP contribution >= 0.6 is 0 Å². The highest BCUT2D eigenvalue weighted by molar-refractivity contribution is 6.09. The first kappa shape index (κ1) is 13.3. The van der Waals surface area contributed by atoms with Crippen molar-refractivity contribution in [2.45, 2.75) is 12.0 Å². The lowest BCUT2D eigenvalue weighted by molar-refractivity contribution is -0.133. The van der Waals surface area contributed by atoms with Gasteiger partial charge in [-0.05, 0) is 30.3 Å². The van der Waals surface area contributed by atoms with E-state index in [1.807, 2.05) is 0 Å². The Kier molecular flexibility index (Phi) is 2.99. The van der Waals surface area contributed by atoms with Gasteiger partial charge in [-0.25, -0.2) is 0 Å². The van der Waals surface area contributed by atoms with Crippen molar-refractivity contribution in [2.75, 3.05) is 11.1 Å². The van der Waals surface area contributed by atoms with Gasteiger partial charge in [0.15, 0.2) is 11.4 Å². The number of nitrogens with two attached hydrogens (primary N) is 1. The van der Waals surface area contributed by atoms with Gasteiger partial charge in [0, 0.05) is 22.5 Å². The summed E-state index contributed by atoms with van der Waals surface area (Å²) < 4.78 is 0. The molecule has 1 atom stereocenters. The molecule has 0 saturated heterocycles. The number of rotatable bonds is 3. The van der Waals surface area contributed by atoms with Gasteiger partial charge >= 0.3 is 0 Å². The molecule has 0 aliphatic carbocycles. The third-order valence-electron chi connectivity index (χ3n) is 3.65. The molecule has 0 saturated carbocycles. The third kappa shape index (κ3) is 2.17. The molecule has 0 bridgehead atoms. The average Bonchev–Trinajstić information content (AvgIpc) is 2.71. The number of carbonyl (C=O) groups excluding carboxylic acids is 2. The van der Waals surface area contributed by atoms with Crippen LogP contribution in [0.25, 0.3) is 0 Å². The van der Waals surface area contributed by atoms with Crippen LogP contribution in [0, 0.1) is 0 Å². The standard InChI is InChI=1S/C16H14N2O3/c17-11-7-5-10(6-8-11)14(19)9-16(21)12-3-1-2-4-13(12)18-15(16)20/h1-8,21H,9,17H2,(H,18,20). The van der Waals surface area contributed by atoms with Crippen molar-refractivity contribution >= 4 is 23.1 Å². The highest BCUT2D eigenvalue weighted by Crippen LogP contribution is 2.38. The minimum atomic E-state index is -1.82. The number of amides is 1. The molecular weight excluding hydrogens is 268 g/mol. The molecule has 3 rings (SSSR count). The maximum Gasteiger partial charge on any atom is 0.261 e. The van der Waals surface area contributed by atoms with E-state index in [-0.39, 0.29) is 12.2 Å². The van der Waals surface area contributed by atoms with E-state index < -0.39 is 11.5 Å². The van der Waals surface area contributed by atoms with Crippen molar-refractivity contribution < 1.29 is 14.7 Å². The topological polar surface area (TPSA) is 92.4 Å². The van der Waals surface area contributed by atoms with Gasteiger partial charge in [0.2, 0.25) is 0 Å². The molecule has 1 heterocycles. The Labute approximate surface area is 121 Å². The van der Waals surface area contributed by atoms with E-state index in [2.05, 4.69) is 5.32 Å². The second-order valence-corrected chi connectivity index (χ2v) is 5.08. The van der Waals surface area contributed by atoms with Crippen LogP contribution in [0.4, 0.5) is 11.4 Å². The van der Waals surface area contributed by atoms with Gasteiger partial charge in [-0.2, -0.15) is 0 Å². The van der Waals surface area contributed by atoms with Crippen molar-refractivity contribution in [1.29, 1.82) is 0 Å². The predicted octanol–water partition coefficient (Wildman–Crippen LogP) is 1.68. The number of Topliss-reactive ketones (excluding diaryl/α,β-unsaturated/α-hetero) is 1. The smallest absolute Gasteiger partial charge is 0.261 e. The van der Waals surface area contributed by atoms with Gasteiger partial charge in [-0.15, -0.1) is 0 Å². The van der Waals surface area contributed by atoms with E-state index >= 15 is 0 Å². The quantitative estimate of drug-likeness (QED) is 0.590. The van der Waals surface area contributed by atoms with Crippen LogP contribution in [-0.2, 0) is 10.4 Å². The summed E-state index contributed by atoms with van der Waals surface area (Å²) in [7, 11) is 0. The molecule has 2 aromatic rings. The lowest BCUT2D eigenvalue weighted by atomic mass is 9.88. The zero-order valence-electron chi connectivity index (χ0n) is 11.2. The fourth-order valence-corrected chi connectivity index (χ4v) is 2.48. The first-order valence-corrected chi connectivity index (χ1v) is 6.53. The molecule has 1 amide bonds. The van der Waals surface area contributed by atoms with Crippen LogP contribution in [0.5, 0.6) is 0 Å². The Hall–Kier alpha value is -2.66. The van der Waals surface area contributed by atoms with Gasteiger partial charge in [-0.3, -0.25) is 9.59 Å². The highest BCUT2D eigenvalue weighted by Gasteiger charge is 2.46. The Morgan fingerprint density at radius 2 is 1.81 bits per heavy atom. The molecule has 0 aromatic heterocycles. The molecule has 1 aliphatic heterocycles. The zero-order valence-corrected chi connectivity index (χ0v) is 11.2. The number of benzene rings is 2. The SMILES string of the molecule is Nc1ccc(C(=O)CC2(O)C(=O)Nc3ccccc32)cc1. The maximum atomic E-state index is 12.3. The summed E-state index contributed by atoms with van der Waals surface area (Å²) >= 11 is 0. The van der Waals surface area contributed by atoms with Gasteiger partial charge < -0.3 is 16.2 Å². The predicted molar refractivity (Wildman–Crippen MR) is 78.8 cm³/mol. The van der Waals surface area contributed by atoms with Crippen LogP contribution in [-0.4, -0.2) is 16.8 Å². The monoisotopic (exact) mass is 282 g/mol. The van der Waals surface area contributed by atoms with Crippen molar-refractivity contribution in [3.05, 3.63) is 59.7 Å². The number of aliphatic hydroxyl groups is 1. The molecular formula is C16H14N2O3. The minimum absolute atomic E-state index is 0.306. The molecule has 0 radical (unpaired) electrons. The van der Waals surface area contributed by atoms with E-state index in [0.29, 0.717) is 22.5 Å². The molecule has 21 heavy (non-hydrogen) atoms. The molecule has 0 fully saturated rings. The number of anilines is 2. The van der Waals surface area contributed by atoms with Crippen molar-refractivity contribution in [1.82, 2.24) is 0 Å². The number of fused-ring (bicyclic) bond motifs is 1. The molecule has 2 aromatic carbocycles. The number of nitrogens with one attached hydrogen (secondary N) is 1. The van der Waals surface area contributed by atoms with Crippen LogP contribution in [0.15, 0.2) is 48.5 Å². The summed E-state index contributed by atoms with van der Waals surface area (Å²) in [5.74, 6) is -0.892. The molecule has 0 spiro atoms. The van der Waals surface area contributed by atoms with E-state index in [1.165, 1.54) is 0 Å². The van der Waals surface area contributed by atoms with Gasteiger partial charge in [0.05, 0.1) is 6.42 Å². The molecule has 4 N–H and O–H groups in total. The minimum Gasteiger partial charge on any atom is -0.399 e. The summed E-state index contributed by atoms with van der Waals surface area (Å²) in [4.78, 5) is 24.3. The van der Waals surface area contributed by atoms with Crippen LogP contribution in [0.1, 0.15) is 22.3 Å². The molecule has 1 aliphatic rings. The molecule has 5 heteroatoms. The van der Waals surface area contributed by atoms with E-state index in [9.17, 15) is 14.7 Å². The van der Waals surface area contributed by atoms with E-state index in [0.717, 1.165) is 0 Å². The van der Waals surface area contributed by atoms with E-state index in [1.54, 1.807) is 48.5 Å². The number of carbonyl (C=O) groups is 2. The number of hydrogen-bond donors (Lipinski definition) is 3. The second kappa shape index (κ2) is 4.71. The van der Waals surface area contributed by atoms with Crippen LogP contribution < -0.4 is 11.1 Å². The van der Waals surface area contributed by atoms with Crippen LogP contribution in [0.2, 0.25) is 0 Å². The zero-order chi connectivity index (χ0) is 15.0. The first-order chi connectivity index (χ1) is 10.0. The largest absolute Gasteiger partial charge is 0.399 e. The summed E-state index contributed by atoms with van der Waals surface area (Å²) in [6.45, 7) is 0. The normalized spacial score (nSPS) is 20.0.